The molecule has 31 heavy (non-hydrogen) atoms. The lowest BCUT2D eigenvalue weighted by molar-refractivity contribution is -0.384. The van der Waals surface area contributed by atoms with Crippen LogP contribution in [0.3, 0.4) is 0 Å². The molecule has 0 aromatic heterocycles. The van der Waals surface area contributed by atoms with Crippen LogP contribution in [0.25, 0.3) is 0 Å². The van der Waals surface area contributed by atoms with Gasteiger partial charge in [0.2, 0.25) is 5.91 Å². The molecule has 2 aromatic carbocycles. The summed E-state index contributed by atoms with van der Waals surface area (Å²) < 4.78 is 16.5. The Bertz CT molecular complexity index is 1060. The van der Waals surface area contributed by atoms with Gasteiger partial charge in [-0.2, -0.15) is 0 Å². The van der Waals surface area contributed by atoms with E-state index in [1.54, 1.807) is 12.1 Å². The molecule has 0 fully saturated rings. The zero-order valence-corrected chi connectivity index (χ0v) is 17.0. The lowest BCUT2D eigenvalue weighted by atomic mass is 10.2. The number of fused-ring (bicyclic) bond motifs is 2. The number of nitro benzene ring substituents is 1. The Labute approximate surface area is 181 Å². The van der Waals surface area contributed by atoms with Crippen LogP contribution < -0.4 is 24.4 Å². The van der Waals surface area contributed by atoms with Crippen LogP contribution in [-0.2, 0) is 16.1 Å². The van der Waals surface area contributed by atoms with Gasteiger partial charge in [0.25, 0.3) is 11.6 Å². The summed E-state index contributed by atoms with van der Waals surface area (Å²) in [4.78, 5) is 36.5. The van der Waals surface area contributed by atoms with Gasteiger partial charge in [0.1, 0.15) is 12.3 Å². The predicted octanol–water partition coefficient (Wildman–Crippen LogP) is 2.45. The third-order valence-corrected chi connectivity index (χ3v) is 5.03. The lowest BCUT2D eigenvalue weighted by Crippen LogP contribution is -2.45. The lowest BCUT2D eigenvalue weighted by Gasteiger charge is -2.28. The number of ether oxygens (including phenoxy) is 3. The summed E-state index contributed by atoms with van der Waals surface area (Å²) in [6.07, 6.45) is 0.740. The molecule has 0 saturated heterocycles. The Morgan fingerprint density at radius 1 is 1.16 bits per heavy atom. The van der Waals surface area contributed by atoms with Crippen LogP contribution in [0.15, 0.2) is 30.3 Å². The Morgan fingerprint density at radius 3 is 2.77 bits per heavy atom. The third kappa shape index (κ3) is 4.48. The van der Waals surface area contributed by atoms with E-state index in [1.165, 1.54) is 23.1 Å². The minimum absolute atomic E-state index is 0.148. The summed E-state index contributed by atoms with van der Waals surface area (Å²) >= 11 is 6.27. The molecule has 0 bridgehead atoms. The highest BCUT2D eigenvalue weighted by atomic mass is 35.5. The van der Waals surface area contributed by atoms with Crippen molar-refractivity contribution in [2.24, 2.45) is 0 Å². The van der Waals surface area contributed by atoms with E-state index >= 15 is 0 Å². The summed E-state index contributed by atoms with van der Waals surface area (Å²) in [7, 11) is 0. The van der Waals surface area contributed by atoms with Gasteiger partial charge in [0.15, 0.2) is 18.1 Å². The van der Waals surface area contributed by atoms with Crippen LogP contribution in [0.5, 0.6) is 17.2 Å². The van der Waals surface area contributed by atoms with E-state index in [0.29, 0.717) is 41.0 Å². The van der Waals surface area contributed by atoms with Crippen LogP contribution in [0, 0.1) is 10.1 Å². The Balaban J connectivity index is 1.46. The molecule has 2 aromatic rings. The first-order valence-corrected chi connectivity index (χ1v) is 9.86. The third-order valence-electron chi connectivity index (χ3n) is 4.75. The number of amides is 2. The normalized spacial score (nSPS) is 14.9. The molecule has 11 heteroatoms. The first-order valence-electron chi connectivity index (χ1n) is 9.48. The molecule has 0 atom stereocenters. The summed E-state index contributed by atoms with van der Waals surface area (Å²) in [6, 6.07) is 7.31. The number of nitrogens with one attached hydrogen (secondary N) is 1. The minimum atomic E-state index is -0.578. The molecular weight excluding hydrogens is 430 g/mol. The number of halogens is 1. The number of hydrogen-bond donors (Lipinski definition) is 1. The van der Waals surface area contributed by atoms with Gasteiger partial charge in [-0.15, -0.1) is 0 Å². The van der Waals surface area contributed by atoms with E-state index < -0.39 is 16.7 Å². The molecule has 10 nitrogen and oxygen atoms in total. The molecule has 0 radical (unpaired) electrons. The van der Waals surface area contributed by atoms with E-state index in [0.717, 1.165) is 6.42 Å². The zero-order chi connectivity index (χ0) is 22.0. The molecule has 0 unspecified atom stereocenters. The molecule has 1 N–H and O–H groups in total. The molecular formula is C20H18ClN3O7. The van der Waals surface area contributed by atoms with Gasteiger partial charge in [0, 0.05) is 25.1 Å². The van der Waals surface area contributed by atoms with Crippen molar-refractivity contribution in [3.8, 4) is 17.2 Å². The van der Waals surface area contributed by atoms with Gasteiger partial charge in [-0.05, 0) is 23.8 Å². The second-order valence-electron chi connectivity index (χ2n) is 6.91. The maximum absolute atomic E-state index is 12.5. The summed E-state index contributed by atoms with van der Waals surface area (Å²) in [5, 5.41) is 14.2. The molecule has 2 amide bonds. The zero-order valence-electron chi connectivity index (χ0n) is 16.3. The Kier molecular flexibility index (Phi) is 5.81. The van der Waals surface area contributed by atoms with Crippen molar-refractivity contribution in [2.45, 2.75) is 13.0 Å². The van der Waals surface area contributed by atoms with Gasteiger partial charge < -0.3 is 19.5 Å². The largest absolute Gasteiger partial charge is 0.489 e. The van der Waals surface area contributed by atoms with Crippen LogP contribution in [0.2, 0.25) is 5.02 Å². The number of nitro groups is 1. The number of hydrogen-bond acceptors (Lipinski definition) is 7. The number of carbonyl (C=O) groups excluding carboxylic acids is 2. The fourth-order valence-electron chi connectivity index (χ4n) is 3.26. The first-order chi connectivity index (χ1) is 14.9. The van der Waals surface area contributed by atoms with Crippen molar-refractivity contribution >= 4 is 34.8 Å². The highest BCUT2D eigenvalue weighted by molar-refractivity contribution is 6.32. The van der Waals surface area contributed by atoms with Crippen LogP contribution in [0.4, 0.5) is 11.4 Å². The van der Waals surface area contributed by atoms with Crippen molar-refractivity contribution in [3.63, 3.8) is 0 Å². The molecule has 0 aliphatic carbocycles. The summed E-state index contributed by atoms with van der Waals surface area (Å²) in [6.45, 7) is 0.597. The molecule has 2 aliphatic rings. The number of anilines is 1. The second-order valence-corrected chi connectivity index (χ2v) is 7.32. The molecule has 2 aliphatic heterocycles. The number of non-ortho nitro benzene ring substituents is 1. The van der Waals surface area contributed by atoms with Crippen molar-refractivity contribution in [3.05, 3.63) is 51.0 Å². The van der Waals surface area contributed by atoms with E-state index in [4.69, 9.17) is 25.8 Å². The van der Waals surface area contributed by atoms with Gasteiger partial charge in [0.05, 0.1) is 28.8 Å². The van der Waals surface area contributed by atoms with Crippen molar-refractivity contribution in [2.75, 3.05) is 31.3 Å². The van der Waals surface area contributed by atoms with E-state index in [2.05, 4.69) is 5.32 Å². The average molecular weight is 448 g/mol. The highest BCUT2D eigenvalue weighted by Gasteiger charge is 2.29. The van der Waals surface area contributed by atoms with Gasteiger partial charge in [-0.3, -0.25) is 24.6 Å². The molecule has 4 rings (SSSR count). The number of benzene rings is 2. The number of rotatable bonds is 5. The quantitative estimate of drug-likeness (QED) is 0.552. The smallest absolute Gasteiger partial charge is 0.271 e. The van der Waals surface area contributed by atoms with Gasteiger partial charge >= 0.3 is 0 Å². The van der Waals surface area contributed by atoms with Crippen LogP contribution >= 0.6 is 11.6 Å². The second kappa shape index (κ2) is 8.68. The van der Waals surface area contributed by atoms with E-state index in [-0.39, 0.29) is 31.1 Å². The monoisotopic (exact) mass is 447 g/mol. The molecule has 2 heterocycles. The van der Waals surface area contributed by atoms with Crippen molar-refractivity contribution in [1.29, 1.82) is 0 Å². The Hall–Kier alpha value is -3.53. The topological polar surface area (TPSA) is 120 Å². The van der Waals surface area contributed by atoms with E-state index in [9.17, 15) is 19.7 Å². The predicted molar refractivity (Wildman–Crippen MR) is 110 cm³/mol. The summed E-state index contributed by atoms with van der Waals surface area (Å²) in [5.74, 6) is 0.371. The number of nitrogens with zero attached hydrogens (tertiary/aromatic N) is 2. The van der Waals surface area contributed by atoms with Crippen molar-refractivity contribution in [1.82, 2.24) is 5.32 Å². The fraction of sp³-hybridized carbons (Fsp3) is 0.300. The fourth-order valence-corrected chi connectivity index (χ4v) is 3.55. The number of carbonyl (C=O) groups is 2. The van der Waals surface area contributed by atoms with Gasteiger partial charge in [-0.25, -0.2) is 0 Å². The molecule has 162 valence electrons. The minimum Gasteiger partial charge on any atom is -0.489 e. The summed E-state index contributed by atoms with van der Waals surface area (Å²) in [5.41, 5.74) is 0.676. The maximum atomic E-state index is 12.5. The van der Waals surface area contributed by atoms with E-state index in [1.807, 2.05) is 0 Å². The van der Waals surface area contributed by atoms with Gasteiger partial charge in [-0.1, -0.05) is 11.6 Å². The average Bonchev–Trinajstić information content (AvgIpc) is 3.00. The molecule has 0 saturated carbocycles. The Morgan fingerprint density at radius 2 is 1.97 bits per heavy atom. The maximum Gasteiger partial charge on any atom is 0.271 e. The SMILES string of the molecule is O=C(CN1C(=O)COc2ccc([N+](=O)[O-])cc21)NCc1cc(Cl)c2c(c1)OCCCO2. The van der Waals surface area contributed by atoms with Crippen LogP contribution in [-0.4, -0.2) is 43.1 Å². The molecule has 0 spiro atoms. The van der Waals surface area contributed by atoms with Crippen LogP contribution in [0.1, 0.15) is 12.0 Å². The first kappa shape index (κ1) is 20.7. The van der Waals surface area contributed by atoms with Crippen molar-refractivity contribution < 1.29 is 28.7 Å². The highest BCUT2D eigenvalue weighted by Crippen LogP contribution is 2.38. The standard InChI is InChI=1S/C20H18ClN3O7/c21-14-6-12(7-17-20(14)30-5-1-4-29-17)9-22-18(25)10-23-15-8-13(24(27)28)2-3-16(15)31-11-19(23)26/h2-3,6-8H,1,4-5,9-11H2,(H,22,25).